The van der Waals surface area contributed by atoms with Gasteiger partial charge in [0.15, 0.2) is 0 Å². The number of nitrogens with zero attached hydrogens (tertiary/aromatic N) is 3. The number of carbonyl (C=O) groups excluding carboxylic acids is 2. The van der Waals surface area contributed by atoms with Gasteiger partial charge in [0.2, 0.25) is 0 Å². The van der Waals surface area contributed by atoms with E-state index in [0.29, 0.717) is 34.9 Å². The maximum atomic E-state index is 13.4. The molecule has 0 spiro atoms. The average molecular weight is 505 g/mol. The zero-order valence-electron chi connectivity index (χ0n) is 20.2. The van der Waals surface area contributed by atoms with Crippen LogP contribution < -0.4 is 15.0 Å². The summed E-state index contributed by atoms with van der Waals surface area (Å²) in [6.45, 7) is 2.27. The van der Waals surface area contributed by atoms with E-state index in [9.17, 15) is 9.59 Å². The van der Waals surface area contributed by atoms with Gasteiger partial charge < -0.3 is 19.9 Å². The van der Waals surface area contributed by atoms with Crippen LogP contribution >= 0.6 is 11.6 Å². The first-order valence-corrected chi connectivity index (χ1v) is 12.6. The summed E-state index contributed by atoms with van der Waals surface area (Å²) >= 11 is 6.21. The molecule has 8 heteroatoms. The van der Waals surface area contributed by atoms with Crippen LogP contribution in [0.4, 0.5) is 5.69 Å². The van der Waals surface area contributed by atoms with E-state index >= 15 is 0 Å². The molecule has 0 aliphatic carbocycles. The highest BCUT2D eigenvalue weighted by molar-refractivity contribution is 6.33. The topological polar surface area (TPSA) is 74.8 Å². The number of aromatic nitrogens is 1. The summed E-state index contributed by atoms with van der Waals surface area (Å²) in [4.78, 5) is 34.6. The van der Waals surface area contributed by atoms with E-state index in [-0.39, 0.29) is 23.9 Å². The van der Waals surface area contributed by atoms with Gasteiger partial charge in [-0.3, -0.25) is 14.6 Å². The number of piperidine rings is 1. The molecule has 7 nitrogen and oxygen atoms in total. The van der Waals surface area contributed by atoms with E-state index < -0.39 is 0 Å². The van der Waals surface area contributed by atoms with E-state index in [4.69, 9.17) is 16.3 Å². The lowest BCUT2D eigenvalue weighted by Gasteiger charge is -2.38. The Labute approximate surface area is 216 Å². The highest BCUT2D eigenvalue weighted by Crippen LogP contribution is 2.34. The second kappa shape index (κ2) is 10.6. The molecule has 3 heterocycles. The van der Waals surface area contributed by atoms with Crippen molar-refractivity contribution in [2.45, 2.75) is 31.3 Å². The number of hydrogen-bond acceptors (Lipinski definition) is 5. The molecule has 1 fully saturated rings. The van der Waals surface area contributed by atoms with Crippen molar-refractivity contribution in [1.29, 1.82) is 0 Å². The summed E-state index contributed by atoms with van der Waals surface area (Å²) in [5.41, 5.74) is 3.00. The number of halogens is 1. The molecule has 3 aromatic rings. The van der Waals surface area contributed by atoms with Crippen LogP contribution in [0.25, 0.3) is 0 Å². The molecule has 1 saturated heterocycles. The highest BCUT2D eigenvalue weighted by atomic mass is 35.5. The molecule has 2 aliphatic heterocycles. The zero-order valence-corrected chi connectivity index (χ0v) is 20.9. The molecule has 5 rings (SSSR count). The second-order valence-corrected chi connectivity index (χ2v) is 9.64. The Balaban J connectivity index is 1.28. The minimum atomic E-state index is -0.265. The van der Waals surface area contributed by atoms with Gasteiger partial charge in [0.25, 0.3) is 11.8 Å². The number of nitrogens with one attached hydrogen (secondary N) is 1. The van der Waals surface area contributed by atoms with Crippen molar-refractivity contribution in [2.24, 2.45) is 0 Å². The molecule has 0 bridgehead atoms. The number of ether oxygens (including phenoxy) is 1. The van der Waals surface area contributed by atoms with Crippen molar-refractivity contribution < 1.29 is 14.3 Å². The number of rotatable bonds is 5. The van der Waals surface area contributed by atoms with E-state index in [0.717, 1.165) is 37.2 Å². The minimum Gasteiger partial charge on any atom is -0.493 e. The number of carbonyl (C=O) groups is 2. The fraction of sp³-hybridized carbons (Fsp3) is 0.321. The first-order chi connectivity index (χ1) is 17.5. The Hall–Kier alpha value is -3.58. The van der Waals surface area contributed by atoms with Crippen molar-refractivity contribution in [3.63, 3.8) is 0 Å². The Morgan fingerprint density at radius 2 is 1.81 bits per heavy atom. The van der Waals surface area contributed by atoms with Crippen LogP contribution in [-0.2, 0) is 0 Å². The van der Waals surface area contributed by atoms with Crippen LogP contribution in [0.5, 0.6) is 5.75 Å². The highest BCUT2D eigenvalue weighted by Gasteiger charge is 2.29. The lowest BCUT2D eigenvalue weighted by Crippen LogP contribution is -2.45. The number of amides is 2. The van der Waals surface area contributed by atoms with Crippen molar-refractivity contribution in [1.82, 2.24) is 15.2 Å². The van der Waals surface area contributed by atoms with Crippen LogP contribution in [-0.4, -0.2) is 54.5 Å². The molecule has 0 saturated carbocycles. The third kappa shape index (κ3) is 5.02. The number of pyridine rings is 1. The number of anilines is 1. The number of benzene rings is 2. The van der Waals surface area contributed by atoms with Gasteiger partial charge in [-0.15, -0.1) is 0 Å². The Bertz CT molecular complexity index is 1240. The fourth-order valence-electron chi connectivity index (χ4n) is 4.99. The predicted molar refractivity (Wildman–Crippen MR) is 140 cm³/mol. The molecule has 1 atom stereocenters. The van der Waals surface area contributed by atoms with Crippen LogP contribution in [0.2, 0.25) is 5.02 Å². The molecule has 1 N–H and O–H groups in total. The first-order valence-electron chi connectivity index (χ1n) is 12.3. The van der Waals surface area contributed by atoms with Crippen molar-refractivity contribution in [3.8, 4) is 5.75 Å². The number of fused-ring (bicyclic) bond motifs is 1. The minimum absolute atomic E-state index is 0.0260. The predicted octanol–water partition coefficient (Wildman–Crippen LogP) is 4.73. The Morgan fingerprint density at radius 3 is 2.56 bits per heavy atom. The monoisotopic (exact) mass is 504 g/mol. The molecule has 2 aromatic carbocycles. The molecule has 1 aromatic heterocycles. The summed E-state index contributed by atoms with van der Waals surface area (Å²) in [6.07, 6.45) is 6.02. The third-order valence-electron chi connectivity index (χ3n) is 7.08. The summed E-state index contributed by atoms with van der Waals surface area (Å²) in [5, 5.41) is 3.48. The SMILES string of the molecule is CN(C(=O)c1ccc2c(c1)C(NC(=O)c1ccccc1Cl)CCO2)C1CCN(c2ccncc2)CC1. The Morgan fingerprint density at radius 1 is 1.06 bits per heavy atom. The van der Waals surface area contributed by atoms with Gasteiger partial charge in [0.05, 0.1) is 23.2 Å². The maximum absolute atomic E-state index is 13.4. The lowest BCUT2D eigenvalue weighted by atomic mass is 9.96. The van der Waals surface area contributed by atoms with E-state index in [1.54, 1.807) is 36.7 Å². The summed E-state index contributed by atoms with van der Waals surface area (Å²) in [6, 6.07) is 16.4. The standard InChI is InChI=1S/C28H29ClN4O3/c1-32(20-10-15-33(16-11-20)21-8-13-30-14-9-21)28(35)19-6-7-26-23(18-19)25(12-17-36-26)31-27(34)22-4-2-3-5-24(22)29/h2-9,13-14,18,20,25H,10-12,15-17H2,1H3,(H,31,34). The maximum Gasteiger partial charge on any atom is 0.253 e. The molecular weight excluding hydrogens is 476 g/mol. The Kier molecular flexibility index (Phi) is 7.09. The quantitative estimate of drug-likeness (QED) is 0.543. The van der Waals surface area contributed by atoms with Gasteiger partial charge in [-0.05, 0) is 55.3 Å². The van der Waals surface area contributed by atoms with Gasteiger partial charge in [-0.2, -0.15) is 0 Å². The van der Waals surface area contributed by atoms with Gasteiger partial charge >= 0.3 is 0 Å². The van der Waals surface area contributed by atoms with Crippen LogP contribution in [0, 0.1) is 0 Å². The van der Waals surface area contributed by atoms with E-state index in [1.807, 2.05) is 42.3 Å². The van der Waals surface area contributed by atoms with Gasteiger partial charge in [0, 0.05) is 61.8 Å². The molecule has 2 aliphatic rings. The largest absolute Gasteiger partial charge is 0.493 e. The summed E-state index contributed by atoms with van der Waals surface area (Å²) in [7, 11) is 1.88. The smallest absolute Gasteiger partial charge is 0.253 e. The number of hydrogen-bond donors (Lipinski definition) is 1. The summed E-state index contributed by atoms with van der Waals surface area (Å²) in [5.74, 6) is 0.422. The zero-order chi connectivity index (χ0) is 25.1. The average Bonchev–Trinajstić information content (AvgIpc) is 2.93. The molecule has 2 amide bonds. The first kappa shape index (κ1) is 24.1. The van der Waals surface area contributed by atoms with Gasteiger partial charge in [0.1, 0.15) is 5.75 Å². The van der Waals surface area contributed by atoms with Crippen molar-refractivity contribution in [3.05, 3.63) is 88.7 Å². The molecular formula is C28H29ClN4O3. The summed E-state index contributed by atoms with van der Waals surface area (Å²) < 4.78 is 5.82. The molecule has 186 valence electrons. The molecule has 0 radical (unpaired) electrons. The van der Waals surface area contributed by atoms with Crippen LogP contribution in [0.15, 0.2) is 67.0 Å². The fourth-order valence-corrected chi connectivity index (χ4v) is 5.22. The van der Waals surface area contributed by atoms with Crippen molar-refractivity contribution in [2.75, 3.05) is 31.6 Å². The van der Waals surface area contributed by atoms with Gasteiger partial charge in [-0.1, -0.05) is 23.7 Å². The van der Waals surface area contributed by atoms with Crippen molar-refractivity contribution >= 4 is 29.1 Å². The van der Waals surface area contributed by atoms with E-state index in [1.165, 1.54) is 0 Å². The van der Waals surface area contributed by atoms with Crippen LogP contribution in [0.3, 0.4) is 0 Å². The third-order valence-corrected chi connectivity index (χ3v) is 7.41. The molecule has 1 unspecified atom stereocenters. The molecule has 36 heavy (non-hydrogen) atoms. The van der Waals surface area contributed by atoms with E-state index in [2.05, 4.69) is 15.2 Å². The lowest BCUT2D eigenvalue weighted by molar-refractivity contribution is 0.0709. The van der Waals surface area contributed by atoms with Gasteiger partial charge in [-0.25, -0.2) is 0 Å². The van der Waals surface area contributed by atoms with Crippen LogP contribution in [0.1, 0.15) is 51.6 Å². The second-order valence-electron chi connectivity index (χ2n) is 9.24. The normalized spacial score (nSPS) is 17.6.